The molecule has 0 unspecified atom stereocenters. The molecule has 1 aromatic carbocycles. The van der Waals surface area contributed by atoms with Gasteiger partial charge in [-0.3, -0.25) is 0 Å². The molecule has 0 aliphatic carbocycles. The molecule has 0 heterocycles. The molecule has 0 atom stereocenters. The van der Waals surface area contributed by atoms with Crippen LogP contribution in [0.4, 0.5) is 0 Å². The Balaban J connectivity index is 3.07. The molecule has 0 bridgehead atoms. The summed E-state index contributed by atoms with van der Waals surface area (Å²) in [7, 11) is 0. The Hall–Kier alpha value is -1.55. The predicted octanol–water partition coefficient (Wildman–Crippen LogP) is 1.66. The van der Waals surface area contributed by atoms with Gasteiger partial charge in [0.15, 0.2) is 0 Å². The zero-order chi connectivity index (χ0) is 11.4. The lowest BCUT2D eigenvalue weighted by Crippen LogP contribution is -2.09. The lowest BCUT2D eigenvalue weighted by molar-refractivity contribution is 0.0696. The maximum Gasteiger partial charge on any atom is 0.335 e. The molecule has 15 heavy (non-hydrogen) atoms. The molecule has 0 aromatic heterocycles. The third-order valence-electron chi connectivity index (χ3n) is 1.85. The normalized spacial score (nSPS) is 10.4. The molecule has 0 saturated heterocycles. The fourth-order valence-electron chi connectivity index (χ4n) is 1.18. The third-order valence-corrected chi connectivity index (χ3v) is 1.85. The molecule has 0 radical (unpaired) electrons. The summed E-state index contributed by atoms with van der Waals surface area (Å²) in [6.45, 7) is 3.52. The van der Waals surface area contributed by atoms with Crippen molar-refractivity contribution in [3.63, 3.8) is 0 Å². The summed E-state index contributed by atoms with van der Waals surface area (Å²) in [5.41, 5.74) is 0.747. The summed E-state index contributed by atoms with van der Waals surface area (Å²) in [5.74, 6) is -0.583. The van der Waals surface area contributed by atoms with E-state index in [1.807, 2.05) is 13.8 Å². The highest BCUT2D eigenvalue weighted by atomic mass is 16.5. The second kappa shape index (κ2) is 4.79. The van der Waals surface area contributed by atoms with E-state index in [4.69, 9.17) is 14.9 Å². The molecule has 82 valence electrons. The highest BCUT2D eigenvalue weighted by Gasteiger charge is 2.09. The van der Waals surface area contributed by atoms with E-state index in [9.17, 15) is 4.79 Å². The molecule has 0 saturated carbocycles. The summed E-state index contributed by atoms with van der Waals surface area (Å²) in [5, 5.41) is 17.8. The number of hydrogen-bond donors (Lipinski definition) is 2. The first-order valence-corrected chi connectivity index (χ1v) is 4.68. The second-order valence-electron chi connectivity index (χ2n) is 3.45. The maximum atomic E-state index is 10.7. The van der Waals surface area contributed by atoms with Crippen LogP contribution in [0.5, 0.6) is 5.75 Å². The highest BCUT2D eigenvalue weighted by Crippen LogP contribution is 2.21. The number of ether oxygens (including phenoxy) is 1. The quantitative estimate of drug-likeness (QED) is 0.793. The molecule has 0 aliphatic rings. The number of carboxylic acid groups (broad SMARTS) is 1. The van der Waals surface area contributed by atoms with Gasteiger partial charge in [0, 0.05) is 5.56 Å². The van der Waals surface area contributed by atoms with Gasteiger partial charge in [0.2, 0.25) is 0 Å². The monoisotopic (exact) mass is 210 g/mol. The van der Waals surface area contributed by atoms with Gasteiger partial charge in [-0.1, -0.05) is 6.07 Å². The molecule has 0 aliphatic heterocycles. The average Bonchev–Trinajstić information content (AvgIpc) is 2.16. The standard InChI is InChI=1S/C11H14O4/c1-7(2)15-10-5-8(11(13)14)3-4-9(10)6-12/h3-5,7,12H,6H2,1-2H3,(H,13,14). The van der Waals surface area contributed by atoms with Gasteiger partial charge < -0.3 is 14.9 Å². The fourth-order valence-corrected chi connectivity index (χ4v) is 1.18. The minimum Gasteiger partial charge on any atom is -0.491 e. The number of carboxylic acids is 1. The summed E-state index contributed by atoms with van der Waals surface area (Å²) in [6.07, 6.45) is -0.0562. The average molecular weight is 210 g/mol. The smallest absolute Gasteiger partial charge is 0.335 e. The number of benzene rings is 1. The molecule has 1 aromatic rings. The van der Waals surface area contributed by atoms with E-state index in [0.717, 1.165) is 0 Å². The van der Waals surface area contributed by atoms with Crippen molar-refractivity contribution in [2.45, 2.75) is 26.6 Å². The Kier molecular flexibility index (Phi) is 3.68. The Morgan fingerprint density at radius 3 is 2.60 bits per heavy atom. The number of aliphatic hydroxyl groups is 1. The lowest BCUT2D eigenvalue weighted by Gasteiger charge is -2.13. The number of aromatic carboxylic acids is 1. The first-order chi connectivity index (χ1) is 7.04. The van der Waals surface area contributed by atoms with Crippen LogP contribution in [0.1, 0.15) is 29.8 Å². The first kappa shape index (κ1) is 11.5. The lowest BCUT2D eigenvalue weighted by atomic mass is 10.1. The van der Waals surface area contributed by atoms with Crippen molar-refractivity contribution in [2.75, 3.05) is 0 Å². The number of hydrogen-bond acceptors (Lipinski definition) is 3. The van der Waals surface area contributed by atoms with Gasteiger partial charge in [0.05, 0.1) is 18.3 Å². The molecule has 2 N–H and O–H groups in total. The van der Waals surface area contributed by atoms with E-state index in [-0.39, 0.29) is 18.3 Å². The molecule has 0 amide bonds. The van der Waals surface area contributed by atoms with E-state index in [1.54, 1.807) is 6.07 Å². The minimum atomic E-state index is -1.01. The molecule has 4 nitrogen and oxygen atoms in total. The Bertz CT molecular complexity index is 358. The van der Waals surface area contributed by atoms with E-state index in [0.29, 0.717) is 11.3 Å². The van der Waals surface area contributed by atoms with Gasteiger partial charge in [0.1, 0.15) is 5.75 Å². The second-order valence-corrected chi connectivity index (χ2v) is 3.45. The largest absolute Gasteiger partial charge is 0.491 e. The van der Waals surface area contributed by atoms with Crippen LogP contribution in [0.25, 0.3) is 0 Å². The molecular weight excluding hydrogens is 196 g/mol. The molecule has 1 rings (SSSR count). The Morgan fingerprint density at radius 1 is 1.47 bits per heavy atom. The van der Waals surface area contributed by atoms with Crippen LogP contribution in [0.15, 0.2) is 18.2 Å². The number of aliphatic hydroxyl groups excluding tert-OH is 1. The van der Waals surface area contributed by atoms with Crippen LogP contribution in [0.3, 0.4) is 0 Å². The van der Waals surface area contributed by atoms with Crippen LogP contribution in [0, 0.1) is 0 Å². The predicted molar refractivity (Wildman–Crippen MR) is 55.1 cm³/mol. The summed E-state index contributed by atoms with van der Waals surface area (Å²) < 4.78 is 5.40. The minimum absolute atomic E-state index is 0.0562. The summed E-state index contributed by atoms with van der Waals surface area (Å²) in [4.78, 5) is 10.7. The zero-order valence-corrected chi connectivity index (χ0v) is 8.73. The Morgan fingerprint density at radius 2 is 2.13 bits per heavy atom. The number of carbonyl (C=O) groups is 1. The van der Waals surface area contributed by atoms with Crippen LogP contribution in [0.2, 0.25) is 0 Å². The van der Waals surface area contributed by atoms with Crippen molar-refractivity contribution < 1.29 is 19.7 Å². The number of rotatable bonds is 4. The maximum absolute atomic E-state index is 10.7. The highest BCUT2D eigenvalue weighted by molar-refractivity contribution is 5.88. The van der Waals surface area contributed by atoms with Gasteiger partial charge in [-0.05, 0) is 26.0 Å². The summed E-state index contributed by atoms with van der Waals surface area (Å²) >= 11 is 0. The summed E-state index contributed by atoms with van der Waals surface area (Å²) in [6, 6.07) is 4.43. The Labute approximate surface area is 88.1 Å². The van der Waals surface area contributed by atoms with Gasteiger partial charge in [-0.2, -0.15) is 0 Å². The van der Waals surface area contributed by atoms with E-state index in [2.05, 4.69) is 0 Å². The van der Waals surface area contributed by atoms with Crippen molar-refractivity contribution in [1.29, 1.82) is 0 Å². The zero-order valence-electron chi connectivity index (χ0n) is 8.73. The first-order valence-electron chi connectivity index (χ1n) is 4.68. The SMILES string of the molecule is CC(C)Oc1cc(C(=O)O)ccc1CO. The van der Waals surface area contributed by atoms with Crippen molar-refractivity contribution in [2.24, 2.45) is 0 Å². The molecule has 0 fully saturated rings. The molecule has 4 heteroatoms. The van der Waals surface area contributed by atoms with Gasteiger partial charge >= 0.3 is 5.97 Å². The third kappa shape index (κ3) is 2.95. The van der Waals surface area contributed by atoms with Gasteiger partial charge in [-0.15, -0.1) is 0 Å². The van der Waals surface area contributed by atoms with Crippen molar-refractivity contribution in [1.82, 2.24) is 0 Å². The van der Waals surface area contributed by atoms with Crippen LogP contribution < -0.4 is 4.74 Å². The van der Waals surface area contributed by atoms with Gasteiger partial charge in [0.25, 0.3) is 0 Å². The topological polar surface area (TPSA) is 66.8 Å². The van der Waals surface area contributed by atoms with Crippen molar-refractivity contribution in [3.8, 4) is 5.75 Å². The van der Waals surface area contributed by atoms with Gasteiger partial charge in [-0.25, -0.2) is 4.79 Å². The van der Waals surface area contributed by atoms with Crippen LogP contribution >= 0.6 is 0 Å². The van der Waals surface area contributed by atoms with Crippen LogP contribution in [-0.4, -0.2) is 22.3 Å². The molecular formula is C11H14O4. The van der Waals surface area contributed by atoms with Crippen molar-refractivity contribution in [3.05, 3.63) is 29.3 Å². The van der Waals surface area contributed by atoms with Crippen molar-refractivity contribution >= 4 is 5.97 Å². The molecule has 0 spiro atoms. The van der Waals surface area contributed by atoms with E-state index >= 15 is 0 Å². The van der Waals surface area contributed by atoms with E-state index < -0.39 is 5.97 Å². The van der Waals surface area contributed by atoms with Crippen LogP contribution in [-0.2, 0) is 6.61 Å². The van der Waals surface area contributed by atoms with E-state index in [1.165, 1.54) is 12.1 Å². The fraction of sp³-hybridized carbons (Fsp3) is 0.364.